The van der Waals surface area contributed by atoms with Crippen LogP contribution >= 0.6 is 0 Å². The summed E-state index contributed by atoms with van der Waals surface area (Å²) in [5.41, 5.74) is 0. The Kier molecular flexibility index (Phi) is 2.66. The van der Waals surface area contributed by atoms with Crippen molar-refractivity contribution in [3.05, 3.63) is 0 Å². The SMILES string of the molecule is CC(F)CO[C@@H]1CC[C@@H]1C. The van der Waals surface area contributed by atoms with E-state index in [-0.39, 0.29) is 6.61 Å². The molecule has 0 bridgehead atoms. The fourth-order valence-electron chi connectivity index (χ4n) is 1.14. The number of alkyl halides is 1. The lowest BCUT2D eigenvalue weighted by Gasteiger charge is -2.33. The van der Waals surface area contributed by atoms with Crippen LogP contribution in [0.4, 0.5) is 4.39 Å². The van der Waals surface area contributed by atoms with Crippen molar-refractivity contribution < 1.29 is 9.13 Å². The first-order valence-electron chi connectivity index (χ1n) is 3.96. The molecular weight excluding hydrogens is 131 g/mol. The molecule has 0 saturated heterocycles. The molecule has 1 unspecified atom stereocenters. The molecule has 1 aliphatic carbocycles. The third-order valence-electron chi connectivity index (χ3n) is 2.08. The quantitative estimate of drug-likeness (QED) is 0.593. The Morgan fingerprint density at radius 1 is 1.60 bits per heavy atom. The van der Waals surface area contributed by atoms with Crippen molar-refractivity contribution in [2.24, 2.45) is 5.92 Å². The maximum atomic E-state index is 12.2. The van der Waals surface area contributed by atoms with E-state index in [1.165, 1.54) is 13.3 Å². The van der Waals surface area contributed by atoms with E-state index in [4.69, 9.17) is 4.74 Å². The molecule has 0 heterocycles. The predicted octanol–water partition coefficient (Wildman–Crippen LogP) is 2.16. The van der Waals surface area contributed by atoms with Crippen molar-refractivity contribution in [2.45, 2.75) is 39.0 Å². The molecule has 2 heteroatoms. The van der Waals surface area contributed by atoms with E-state index in [9.17, 15) is 4.39 Å². The van der Waals surface area contributed by atoms with Gasteiger partial charge in [0.05, 0.1) is 12.7 Å². The van der Waals surface area contributed by atoms with Gasteiger partial charge in [0.2, 0.25) is 0 Å². The van der Waals surface area contributed by atoms with Gasteiger partial charge in [-0.2, -0.15) is 0 Å². The molecule has 1 nitrogen and oxygen atoms in total. The number of halogens is 1. The molecule has 0 spiro atoms. The largest absolute Gasteiger partial charge is 0.375 e. The third-order valence-corrected chi connectivity index (χ3v) is 2.08. The number of hydrogen-bond donors (Lipinski definition) is 0. The van der Waals surface area contributed by atoms with Gasteiger partial charge in [0.25, 0.3) is 0 Å². The fourth-order valence-corrected chi connectivity index (χ4v) is 1.14. The Labute approximate surface area is 61.6 Å². The monoisotopic (exact) mass is 146 g/mol. The van der Waals surface area contributed by atoms with Gasteiger partial charge in [0.15, 0.2) is 0 Å². The van der Waals surface area contributed by atoms with E-state index in [0.29, 0.717) is 12.0 Å². The minimum absolute atomic E-state index is 0.273. The zero-order valence-electron chi connectivity index (χ0n) is 6.64. The number of hydrogen-bond acceptors (Lipinski definition) is 1. The lowest BCUT2D eigenvalue weighted by molar-refractivity contribution is -0.0551. The van der Waals surface area contributed by atoms with Gasteiger partial charge in [-0.1, -0.05) is 6.92 Å². The average molecular weight is 146 g/mol. The van der Waals surface area contributed by atoms with Gasteiger partial charge in [-0.3, -0.25) is 0 Å². The van der Waals surface area contributed by atoms with Crippen LogP contribution in [0.1, 0.15) is 26.7 Å². The van der Waals surface area contributed by atoms with Crippen molar-refractivity contribution in [3.8, 4) is 0 Å². The second-order valence-electron chi connectivity index (χ2n) is 3.21. The van der Waals surface area contributed by atoms with Crippen LogP contribution in [0.5, 0.6) is 0 Å². The van der Waals surface area contributed by atoms with E-state index in [0.717, 1.165) is 6.42 Å². The van der Waals surface area contributed by atoms with Crippen molar-refractivity contribution >= 4 is 0 Å². The third kappa shape index (κ3) is 1.94. The van der Waals surface area contributed by atoms with Gasteiger partial charge < -0.3 is 4.74 Å². The van der Waals surface area contributed by atoms with Gasteiger partial charge in [0, 0.05) is 0 Å². The highest BCUT2D eigenvalue weighted by atomic mass is 19.1. The molecule has 1 rings (SSSR count). The summed E-state index contributed by atoms with van der Waals surface area (Å²) in [6.07, 6.45) is 1.89. The predicted molar refractivity (Wildman–Crippen MR) is 38.7 cm³/mol. The van der Waals surface area contributed by atoms with Crippen molar-refractivity contribution in [3.63, 3.8) is 0 Å². The van der Waals surface area contributed by atoms with E-state index >= 15 is 0 Å². The summed E-state index contributed by atoms with van der Waals surface area (Å²) in [5, 5.41) is 0. The molecule has 1 saturated carbocycles. The van der Waals surface area contributed by atoms with Crippen molar-refractivity contribution in [1.29, 1.82) is 0 Å². The lowest BCUT2D eigenvalue weighted by Crippen LogP contribution is -2.33. The normalized spacial score (nSPS) is 35.1. The number of rotatable bonds is 3. The summed E-state index contributed by atoms with van der Waals surface area (Å²) in [6, 6.07) is 0. The average Bonchev–Trinajstić information content (AvgIpc) is 1.84. The summed E-state index contributed by atoms with van der Waals surface area (Å²) in [4.78, 5) is 0. The van der Waals surface area contributed by atoms with Crippen LogP contribution in [0.2, 0.25) is 0 Å². The Bertz CT molecular complexity index is 103. The van der Waals surface area contributed by atoms with Crippen LogP contribution in [0.25, 0.3) is 0 Å². The van der Waals surface area contributed by atoms with Gasteiger partial charge in [-0.25, -0.2) is 4.39 Å². The van der Waals surface area contributed by atoms with Gasteiger partial charge >= 0.3 is 0 Å². The highest BCUT2D eigenvalue weighted by Gasteiger charge is 2.27. The van der Waals surface area contributed by atoms with Crippen LogP contribution in [-0.2, 0) is 4.74 Å². The molecule has 0 aromatic heterocycles. The smallest absolute Gasteiger partial charge is 0.121 e. The summed E-state index contributed by atoms with van der Waals surface area (Å²) < 4.78 is 17.5. The molecule has 0 amide bonds. The molecule has 10 heavy (non-hydrogen) atoms. The maximum Gasteiger partial charge on any atom is 0.121 e. The first-order valence-corrected chi connectivity index (χ1v) is 3.96. The number of ether oxygens (including phenoxy) is 1. The highest BCUT2D eigenvalue weighted by Crippen LogP contribution is 2.29. The zero-order chi connectivity index (χ0) is 7.56. The Balaban J connectivity index is 2.03. The lowest BCUT2D eigenvalue weighted by atomic mass is 9.83. The minimum atomic E-state index is -0.812. The molecule has 0 aromatic carbocycles. The molecule has 0 N–H and O–H groups in total. The minimum Gasteiger partial charge on any atom is -0.375 e. The standard InChI is InChI=1S/C8H15FO/c1-6-3-4-8(6)10-5-7(2)9/h6-8H,3-5H2,1-2H3/t6-,7?,8+/m0/s1. The van der Waals surface area contributed by atoms with Crippen LogP contribution in [0.3, 0.4) is 0 Å². The molecule has 1 fully saturated rings. The molecule has 60 valence electrons. The van der Waals surface area contributed by atoms with Crippen LogP contribution in [-0.4, -0.2) is 18.9 Å². The molecular formula is C8H15FO. The molecule has 0 radical (unpaired) electrons. The molecule has 0 aromatic rings. The van der Waals surface area contributed by atoms with E-state index < -0.39 is 6.17 Å². The van der Waals surface area contributed by atoms with Crippen LogP contribution in [0.15, 0.2) is 0 Å². The second kappa shape index (κ2) is 3.33. The molecule has 0 aliphatic heterocycles. The second-order valence-corrected chi connectivity index (χ2v) is 3.21. The van der Waals surface area contributed by atoms with E-state index in [1.54, 1.807) is 0 Å². The van der Waals surface area contributed by atoms with Crippen molar-refractivity contribution in [1.82, 2.24) is 0 Å². The van der Waals surface area contributed by atoms with Gasteiger partial charge in [0.1, 0.15) is 6.17 Å². The first-order chi connectivity index (χ1) is 4.70. The van der Waals surface area contributed by atoms with E-state index in [1.807, 2.05) is 0 Å². The first kappa shape index (κ1) is 7.99. The Morgan fingerprint density at radius 2 is 2.30 bits per heavy atom. The van der Waals surface area contributed by atoms with Gasteiger partial charge in [-0.05, 0) is 25.7 Å². The maximum absolute atomic E-state index is 12.2. The Hall–Kier alpha value is -0.110. The fraction of sp³-hybridized carbons (Fsp3) is 1.00. The molecule has 3 atom stereocenters. The summed E-state index contributed by atoms with van der Waals surface area (Å²) >= 11 is 0. The highest BCUT2D eigenvalue weighted by molar-refractivity contribution is 4.77. The Morgan fingerprint density at radius 3 is 2.60 bits per heavy atom. The summed E-state index contributed by atoms with van der Waals surface area (Å²) in [5.74, 6) is 0.652. The van der Waals surface area contributed by atoms with Crippen LogP contribution in [0, 0.1) is 5.92 Å². The zero-order valence-corrected chi connectivity index (χ0v) is 6.64. The topological polar surface area (TPSA) is 9.23 Å². The summed E-state index contributed by atoms with van der Waals surface area (Å²) in [6.45, 7) is 3.95. The van der Waals surface area contributed by atoms with Crippen LogP contribution < -0.4 is 0 Å². The molecule has 1 aliphatic rings. The van der Waals surface area contributed by atoms with Gasteiger partial charge in [-0.15, -0.1) is 0 Å². The van der Waals surface area contributed by atoms with E-state index in [2.05, 4.69) is 6.92 Å². The van der Waals surface area contributed by atoms with Crippen molar-refractivity contribution in [2.75, 3.05) is 6.61 Å². The summed E-state index contributed by atoms with van der Waals surface area (Å²) in [7, 11) is 0.